The standard InChI is InChI=1S/C13H15BrO4/c1-6-9(13(3,4)5-8(15)16)11(17)7(2)10(14)12(6)18/h5H2,1-4H3,(H,15,16). The number of halogens is 1. The maximum atomic E-state index is 12.2. The summed E-state index contributed by atoms with van der Waals surface area (Å²) in [7, 11) is 0. The van der Waals surface area contributed by atoms with Gasteiger partial charge in [-0.25, -0.2) is 0 Å². The predicted molar refractivity (Wildman–Crippen MR) is 70.4 cm³/mol. The van der Waals surface area contributed by atoms with Gasteiger partial charge in [0.15, 0.2) is 11.6 Å². The Morgan fingerprint density at radius 2 is 1.67 bits per heavy atom. The molecule has 0 heterocycles. The van der Waals surface area contributed by atoms with E-state index in [1.807, 2.05) is 0 Å². The number of ketones is 2. The maximum Gasteiger partial charge on any atom is 0.304 e. The van der Waals surface area contributed by atoms with E-state index in [9.17, 15) is 14.4 Å². The van der Waals surface area contributed by atoms with Crippen molar-refractivity contribution in [3.63, 3.8) is 0 Å². The Balaban J connectivity index is 3.36. The molecule has 0 spiro atoms. The molecule has 0 saturated carbocycles. The molecule has 1 N–H and O–H groups in total. The number of aliphatic carboxylic acids is 1. The first-order valence-corrected chi connectivity index (χ1v) is 6.28. The molecule has 0 radical (unpaired) electrons. The zero-order valence-electron chi connectivity index (χ0n) is 10.8. The van der Waals surface area contributed by atoms with Crippen molar-refractivity contribution in [1.29, 1.82) is 0 Å². The van der Waals surface area contributed by atoms with Crippen LogP contribution in [0.4, 0.5) is 0 Å². The summed E-state index contributed by atoms with van der Waals surface area (Å²) in [6.45, 7) is 6.45. The van der Waals surface area contributed by atoms with E-state index in [2.05, 4.69) is 15.9 Å². The van der Waals surface area contributed by atoms with Gasteiger partial charge in [-0.2, -0.15) is 0 Å². The van der Waals surface area contributed by atoms with E-state index in [4.69, 9.17) is 5.11 Å². The first-order valence-electron chi connectivity index (χ1n) is 5.48. The van der Waals surface area contributed by atoms with Crippen LogP contribution in [0, 0.1) is 5.41 Å². The number of carbonyl (C=O) groups excluding carboxylic acids is 2. The van der Waals surface area contributed by atoms with E-state index in [1.165, 1.54) is 0 Å². The lowest BCUT2D eigenvalue weighted by atomic mass is 9.73. The normalized spacial score (nSPS) is 17.6. The quantitative estimate of drug-likeness (QED) is 0.813. The molecular formula is C13H15BrO4. The number of hydrogen-bond donors (Lipinski definition) is 1. The fourth-order valence-corrected chi connectivity index (χ4v) is 2.66. The lowest BCUT2D eigenvalue weighted by Crippen LogP contribution is -2.31. The average molecular weight is 315 g/mol. The van der Waals surface area contributed by atoms with Gasteiger partial charge < -0.3 is 5.11 Å². The molecular weight excluding hydrogens is 300 g/mol. The van der Waals surface area contributed by atoms with Crippen LogP contribution in [-0.2, 0) is 14.4 Å². The molecule has 1 aliphatic carbocycles. The van der Waals surface area contributed by atoms with E-state index in [-0.39, 0.29) is 22.5 Å². The highest BCUT2D eigenvalue weighted by Crippen LogP contribution is 2.39. The third kappa shape index (κ3) is 2.46. The second kappa shape index (κ2) is 4.80. The van der Waals surface area contributed by atoms with Gasteiger partial charge in [0.1, 0.15) is 0 Å². The minimum Gasteiger partial charge on any atom is -0.481 e. The molecule has 0 saturated heterocycles. The third-order valence-corrected chi connectivity index (χ3v) is 4.04. The number of carboxylic acids is 1. The van der Waals surface area contributed by atoms with Gasteiger partial charge in [-0.15, -0.1) is 0 Å². The molecule has 18 heavy (non-hydrogen) atoms. The Bertz CT molecular complexity index is 509. The summed E-state index contributed by atoms with van der Waals surface area (Å²) in [5, 5.41) is 8.90. The number of hydrogen-bond acceptors (Lipinski definition) is 3. The van der Waals surface area contributed by atoms with Crippen LogP contribution in [0.3, 0.4) is 0 Å². The Kier molecular flexibility index (Phi) is 3.96. The van der Waals surface area contributed by atoms with Gasteiger partial charge in [-0.3, -0.25) is 14.4 Å². The molecule has 1 rings (SSSR count). The molecule has 4 nitrogen and oxygen atoms in total. The van der Waals surface area contributed by atoms with Gasteiger partial charge in [0, 0.05) is 22.1 Å². The fourth-order valence-electron chi connectivity index (χ4n) is 2.19. The molecule has 0 aromatic heterocycles. The van der Waals surface area contributed by atoms with Gasteiger partial charge in [0.05, 0.1) is 10.9 Å². The molecule has 0 aliphatic heterocycles. The number of carbonyl (C=O) groups is 3. The topological polar surface area (TPSA) is 71.4 Å². The van der Waals surface area contributed by atoms with E-state index < -0.39 is 11.4 Å². The Labute approximate surface area is 114 Å². The van der Waals surface area contributed by atoms with Gasteiger partial charge in [0.2, 0.25) is 0 Å². The van der Waals surface area contributed by atoms with Gasteiger partial charge in [-0.1, -0.05) is 13.8 Å². The molecule has 5 heteroatoms. The van der Waals surface area contributed by atoms with Crippen molar-refractivity contribution in [3.8, 4) is 0 Å². The van der Waals surface area contributed by atoms with Crippen LogP contribution in [0.25, 0.3) is 0 Å². The van der Waals surface area contributed by atoms with Crippen LogP contribution in [0.1, 0.15) is 34.1 Å². The third-order valence-electron chi connectivity index (χ3n) is 3.08. The van der Waals surface area contributed by atoms with Crippen molar-refractivity contribution in [2.45, 2.75) is 34.1 Å². The Morgan fingerprint density at radius 1 is 1.17 bits per heavy atom. The minimum absolute atomic E-state index is 0.191. The molecule has 0 aromatic rings. The number of Topliss-reactive ketones (excluding diaryl/α,β-unsaturated/α-hetero) is 2. The summed E-state index contributed by atoms with van der Waals surface area (Å²) < 4.78 is 0.264. The molecule has 0 aromatic carbocycles. The van der Waals surface area contributed by atoms with Crippen molar-refractivity contribution >= 4 is 33.5 Å². The summed E-state index contributed by atoms with van der Waals surface area (Å²) in [5.41, 5.74) is 0.0934. The second-order valence-electron chi connectivity index (χ2n) is 5.05. The van der Waals surface area contributed by atoms with Crippen LogP contribution in [0.5, 0.6) is 0 Å². The highest BCUT2D eigenvalue weighted by molar-refractivity contribution is 9.12. The summed E-state index contributed by atoms with van der Waals surface area (Å²) in [6.07, 6.45) is -0.191. The van der Waals surface area contributed by atoms with Crippen LogP contribution < -0.4 is 0 Å². The second-order valence-corrected chi connectivity index (χ2v) is 5.84. The van der Waals surface area contributed by atoms with E-state index >= 15 is 0 Å². The van der Waals surface area contributed by atoms with Crippen molar-refractivity contribution in [1.82, 2.24) is 0 Å². The maximum absolute atomic E-state index is 12.2. The largest absolute Gasteiger partial charge is 0.481 e. The molecule has 0 amide bonds. The molecule has 0 atom stereocenters. The van der Waals surface area contributed by atoms with Crippen LogP contribution >= 0.6 is 15.9 Å². The number of rotatable bonds is 3. The average Bonchev–Trinajstić information content (AvgIpc) is 2.21. The van der Waals surface area contributed by atoms with Crippen molar-refractivity contribution in [2.24, 2.45) is 5.41 Å². The zero-order chi connectivity index (χ0) is 14.2. The Morgan fingerprint density at radius 3 is 2.11 bits per heavy atom. The number of allylic oxidation sites excluding steroid dienone is 4. The lowest BCUT2D eigenvalue weighted by Gasteiger charge is -2.30. The first kappa shape index (κ1) is 14.8. The molecule has 0 fully saturated rings. The smallest absolute Gasteiger partial charge is 0.304 e. The van der Waals surface area contributed by atoms with Crippen molar-refractivity contribution in [3.05, 3.63) is 21.2 Å². The monoisotopic (exact) mass is 314 g/mol. The number of carboxylic acid groups (broad SMARTS) is 1. The van der Waals surface area contributed by atoms with Crippen LogP contribution in [0.2, 0.25) is 0 Å². The van der Waals surface area contributed by atoms with Crippen molar-refractivity contribution < 1.29 is 19.5 Å². The van der Waals surface area contributed by atoms with Gasteiger partial charge in [-0.05, 0) is 29.8 Å². The fraction of sp³-hybridized carbons (Fsp3) is 0.462. The SMILES string of the molecule is CC1=C(Br)C(=O)C(C)=C(C(C)(C)CC(=O)O)C1=O. The highest BCUT2D eigenvalue weighted by atomic mass is 79.9. The molecule has 1 aliphatic rings. The molecule has 0 unspecified atom stereocenters. The molecule has 0 bridgehead atoms. The van der Waals surface area contributed by atoms with Crippen molar-refractivity contribution in [2.75, 3.05) is 0 Å². The van der Waals surface area contributed by atoms with E-state index in [1.54, 1.807) is 27.7 Å². The zero-order valence-corrected chi connectivity index (χ0v) is 12.3. The summed E-state index contributed by atoms with van der Waals surface area (Å²) in [6, 6.07) is 0. The van der Waals surface area contributed by atoms with E-state index in [0.717, 1.165) is 0 Å². The predicted octanol–water partition coefficient (Wildman–Crippen LogP) is 2.62. The lowest BCUT2D eigenvalue weighted by molar-refractivity contribution is -0.138. The first-order chi connectivity index (χ1) is 8.09. The molecule has 98 valence electrons. The van der Waals surface area contributed by atoms with Gasteiger partial charge >= 0.3 is 5.97 Å². The van der Waals surface area contributed by atoms with Gasteiger partial charge in [0.25, 0.3) is 0 Å². The Hall–Kier alpha value is -1.23. The summed E-state index contributed by atoms with van der Waals surface area (Å²) >= 11 is 3.10. The minimum atomic E-state index is -0.994. The van der Waals surface area contributed by atoms with E-state index in [0.29, 0.717) is 16.7 Å². The summed E-state index contributed by atoms with van der Waals surface area (Å²) in [4.78, 5) is 35.0. The van der Waals surface area contributed by atoms with Crippen LogP contribution in [0.15, 0.2) is 21.2 Å². The summed E-state index contributed by atoms with van der Waals surface area (Å²) in [5.74, 6) is -1.50. The van der Waals surface area contributed by atoms with Crippen LogP contribution in [-0.4, -0.2) is 22.6 Å². The highest BCUT2D eigenvalue weighted by Gasteiger charge is 2.38.